The van der Waals surface area contributed by atoms with Crippen molar-refractivity contribution in [3.05, 3.63) is 68.4 Å². The van der Waals surface area contributed by atoms with E-state index in [4.69, 9.17) is 11.6 Å². The molecular formula is C17H18BrClFN. The molecule has 0 aromatic heterocycles. The van der Waals surface area contributed by atoms with Crippen LogP contribution in [-0.2, 0) is 0 Å². The summed E-state index contributed by atoms with van der Waals surface area (Å²) >= 11 is 9.85. The van der Waals surface area contributed by atoms with Gasteiger partial charge >= 0.3 is 0 Å². The third-order valence-corrected chi connectivity index (χ3v) is 4.69. The zero-order valence-corrected chi connectivity index (χ0v) is 14.4. The van der Waals surface area contributed by atoms with Crippen LogP contribution in [0.15, 0.2) is 40.9 Å². The van der Waals surface area contributed by atoms with Crippen LogP contribution in [0.3, 0.4) is 0 Å². The van der Waals surface area contributed by atoms with Crippen LogP contribution >= 0.6 is 27.5 Å². The fourth-order valence-electron chi connectivity index (χ4n) is 2.35. The van der Waals surface area contributed by atoms with E-state index in [1.54, 1.807) is 6.07 Å². The number of hydrogen-bond donors (Lipinski definition) is 1. The average Bonchev–Trinajstić information content (AvgIpc) is 2.47. The van der Waals surface area contributed by atoms with Crippen molar-refractivity contribution < 1.29 is 4.39 Å². The van der Waals surface area contributed by atoms with Crippen molar-refractivity contribution in [2.24, 2.45) is 0 Å². The predicted octanol–water partition coefficient (Wildman–Crippen LogP) is 5.64. The highest BCUT2D eigenvalue weighted by Gasteiger charge is 2.19. The first-order chi connectivity index (χ1) is 10.0. The summed E-state index contributed by atoms with van der Waals surface area (Å²) in [5.41, 5.74) is 3.00. The van der Waals surface area contributed by atoms with Gasteiger partial charge in [-0.3, -0.25) is 0 Å². The molecule has 1 nitrogen and oxygen atoms in total. The predicted molar refractivity (Wildman–Crippen MR) is 90.4 cm³/mol. The summed E-state index contributed by atoms with van der Waals surface area (Å²) in [5.74, 6) is -0.273. The summed E-state index contributed by atoms with van der Waals surface area (Å²) in [5, 5.41) is 4.04. The SMILES string of the molecule is CCCNC(c1cc(F)ccc1Cl)c1cccc(Br)c1C. The third kappa shape index (κ3) is 3.85. The first-order valence-electron chi connectivity index (χ1n) is 6.98. The molecule has 0 aliphatic carbocycles. The Bertz CT molecular complexity index is 628. The minimum absolute atomic E-state index is 0.120. The van der Waals surface area contributed by atoms with Crippen LogP contribution in [0, 0.1) is 12.7 Å². The zero-order chi connectivity index (χ0) is 15.4. The maximum absolute atomic E-state index is 13.6. The van der Waals surface area contributed by atoms with Crippen LogP contribution in [0.5, 0.6) is 0 Å². The second kappa shape index (κ2) is 7.39. The number of halogens is 3. The molecule has 0 aliphatic heterocycles. The van der Waals surface area contributed by atoms with Crippen molar-refractivity contribution in [3.63, 3.8) is 0 Å². The number of rotatable bonds is 5. The lowest BCUT2D eigenvalue weighted by molar-refractivity contribution is 0.583. The van der Waals surface area contributed by atoms with E-state index >= 15 is 0 Å². The van der Waals surface area contributed by atoms with E-state index in [0.29, 0.717) is 5.02 Å². The summed E-state index contributed by atoms with van der Waals surface area (Å²) in [4.78, 5) is 0. The molecule has 2 rings (SSSR count). The largest absolute Gasteiger partial charge is 0.306 e. The van der Waals surface area contributed by atoms with Crippen molar-refractivity contribution in [1.82, 2.24) is 5.32 Å². The van der Waals surface area contributed by atoms with Crippen molar-refractivity contribution in [1.29, 1.82) is 0 Å². The Morgan fingerprint density at radius 2 is 2.00 bits per heavy atom. The molecule has 0 spiro atoms. The molecule has 0 fully saturated rings. The van der Waals surface area contributed by atoms with E-state index in [1.165, 1.54) is 12.1 Å². The molecule has 112 valence electrons. The molecule has 4 heteroatoms. The minimum Gasteiger partial charge on any atom is -0.306 e. The highest BCUT2D eigenvalue weighted by Crippen LogP contribution is 2.33. The van der Waals surface area contributed by atoms with Crippen LogP contribution < -0.4 is 5.32 Å². The monoisotopic (exact) mass is 369 g/mol. The van der Waals surface area contributed by atoms with E-state index in [-0.39, 0.29) is 11.9 Å². The van der Waals surface area contributed by atoms with Gasteiger partial charge in [0.1, 0.15) is 5.82 Å². The van der Waals surface area contributed by atoms with Gasteiger partial charge in [0.15, 0.2) is 0 Å². The summed E-state index contributed by atoms with van der Waals surface area (Å²) in [7, 11) is 0. The van der Waals surface area contributed by atoms with Gasteiger partial charge in [-0.2, -0.15) is 0 Å². The Labute approximate surface area is 138 Å². The molecular weight excluding hydrogens is 353 g/mol. The van der Waals surface area contributed by atoms with Crippen molar-refractivity contribution >= 4 is 27.5 Å². The molecule has 0 aliphatic rings. The third-order valence-electron chi connectivity index (χ3n) is 3.49. The number of nitrogens with one attached hydrogen (secondary N) is 1. The lowest BCUT2D eigenvalue weighted by atomic mass is 9.94. The fourth-order valence-corrected chi connectivity index (χ4v) is 2.96. The van der Waals surface area contributed by atoms with E-state index in [2.05, 4.69) is 34.2 Å². The van der Waals surface area contributed by atoms with Gasteiger partial charge < -0.3 is 5.32 Å². The molecule has 0 saturated carbocycles. The fraction of sp³-hybridized carbons (Fsp3) is 0.294. The van der Waals surface area contributed by atoms with Gasteiger partial charge in [0.25, 0.3) is 0 Å². The highest BCUT2D eigenvalue weighted by molar-refractivity contribution is 9.10. The smallest absolute Gasteiger partial charge is 0.123 e. The molecule has 2 aromatic carbocycles. The van der Waals surface area contributed by atoms with Gasteiger partial charge in [-0.15, -0.1) is 0 Å². The van der Waals surface area contributed by atoms with Crippen LogP contribution in [0.4, 0.5) is 4.39 Å². The Morgan fingerprint density at radius 3 is 2.71 bits per heavy atom. The molecule has 0 bridgehead atoms. The van der Waals surface area contributed by atoms with E-state index in [9.17, 15) is 4.39 Å². The molecule has 0 heterocycles. The highest BCUT2D eigenvalue weighted by atomic mass is 79.9. The Morgan fingerprint density at radius 1 is 1.24 bits per heavy atom. The molecule has 21 heavy (non-hydrogen) atoms. The van der Waals surface area contributed by atoms with Gasteiger partial charge in [0.2, 0.25) is 0 Å². The molecule has 1 atom stereocenters. The first-order valence-corrected chi connectivity index (χ1v) is 8.15. The molecule has 0 saturated heterocycles. The summed E-state index contributed by atoms with van der Waals surface area (Å²) in [6.45, 7) is 4.99. The molecule has 0 amide bonds. The van der Waals surface area contributed by atoms with E-state index < -0.39 is 0 Å². The summed E-state index contributed by atoms with van der Waals surface area (Å²) in [6, 6.07) is 10.4. The van der Waals surface area contributed by atoms with Gasteiger partial charge in [-0.1, -0.05) is 46.6 Å². The normalized spacial score (nSPS) is 12.4. The van der Waals surface area contributed by atoms with Crippen LogP contribution in [0.25, 0.3) is 0 Å². The van der Waals surface area contributed by atoms with Crippen molar-refractivity contribution in [3.8, 4) is 0 Å². The van der Waals surface area contributed by atoms with E-state index in [1.807, 2.05) is 19.1 Å². The van der Waals surface area contributed by atoms with Crippen molar-refractivity contribution in [2.45, 2.75) is 26.3 Å². The minimum atomic E-state index is -0.273. The molecule has 2 aromatic rings. The quantitative estimate of drug-likeness (QED) is 0.718. The molecule has 1 unspecified atom stereocenters. The Hall–Kier alpha value is -0.900. The van der Waals surface area contributed by atoms with Crippen molar-refractivity contribution in [2.75, 3.05) is 6.54 Å². The van der Waals surface area contributed by atoms with Crippen LogP contribution in [0.2, 0.25) is 5.02 Å². The Kier molecular flexibility index (Phi) is 5.80. The van der Waals surface area contributed by atoms with Crippen LogP contribution in [-0.4, -0.2) is 6.54 Å². The number of hydrogen-bond acceptors (Lipinski definition) is 1. The second-order valence-corrected chi connectivity index (χ2v) is 6.27. The lowest BCUT2D eigenvalue weighted by Gasteiger charge is -2.23. The summed E-state index contributed by atoms with van der Waals surface area (Å²) < 4.78 is 14.7. The Balaban J connectivity index is 2.52. The standard InChI is InChI=1S/C17H18BrClFN/c1-3-9-21-17(13-5-4-6-15(18)11(13)2)14-10-12(20)7-8-16(14)19/h4-8,10,17,21H,3,9H2,1-2H3. The van der Waals surface area contributed by atoms with Gasteiger partial charge in [-0.25, -0.2) is 4.39 Å². The van der Waals surface area contributed by atoms with Gasteiger partial charge in [0, 0.05) is 9.50 Å². The molecule has 0 radical (unpaired) electrons. The maximum Gasteiger partial charge on any atom is 0.123 e. The topological polar surface area (TPSA) is 12.0 Å². The number of benzene rings is 2. The first kappa shape index (κ1) is 16.5. The van der Waals surface area contributed by atoms with Gasteiger partial charge in [-0.05, 0) is 60.8 Å². The average molecular weight is 371 g/mol. The van der Waals surface area contributed by atoms with Crippen LogP contribution in [0.1, 0.15) is 36.1 Å². The zero-order valence-electron chi connectivity index (χ0n) is 12.1. The maximum atomic E-state index is 13.6. The van der Waals surface area contributed by atoms with E-state index in [0.717, 1.165) is 34.1 Å². The second-order valence-electron chi connectivity index (χ2n) is 5.01. The van der Waals surface area contributed by atoms with Gasteiger partial charge in [0.05, 0.1) is 6.04 Å². The lowest BCUT2D eigenvalue weighted by Crippen LogP contribution is -2.24. The summed E-state index contributed by atoms with van der Waals surface area (Å²) in [6.07, 6.45) is 0.997. The molecule has 1 N–H and O–H groups in total.